The summed E-state index contributed by atoms with van der Waals surface area (Å²) in [4.78, 5) is 12.0. The van der Waals surface area contributed by atoms with Crippen LogP contribution in [0.15, 0.2) is 11.1 Å². The third-order valence-corrected chi connectivity index (χ3v) is 4.11. The fraction of sp³-hybridized carbons (Fsp3) is 0.769. The van der Waals surface area contributed by atoms with Gasteiger partial charge in [0.15, 0.2) is 0 Å². The van der Waals surface area contributed by atoms with Gasteiger partial charge in [0.2, 0.25) is 5.91 Å². The summed E-state index contributed by atoms with van der Waals surface area (Å²) in [5.74, 6) is 0.136. The third kappa shape index (κ3) is 2.14. The Balaban J connectivity index is 1.97. The topological polar surface area (TPSA) is 41.1 Å². The largest absolute Gasteiger partial charge is 0.349 e. The van der Waals surface area contributed by atoms with Crippen molar-refractivity contribution in [1.29, 1.82) is 0 Å². The van der Waals surface area contributed by atoms with Crippen LogP contribution in [0.3, 0.4) is 0 Å². The van der Waals surface area contributed by atoms with Crippen LogP contribution in [0.1, 0.15) is 40.0 Å². The van der Waals surface area contributed by atoms with E-state index in [1.54, 1.807) is 0 Å². The molecule has 2 rings (SSSR count). The fourth-order valence-corrected chi connectivity index (χ4v) is 2.54. The van der Waals surface area contributed by atoms with E-state index < -0.39 is 0 Å². The number of rotatable bonds is 2. The summed E-state index contributed by atoms with van der Waals surface area (Å²) in [5.41, 5.74) is 2.44. The molecule has 0 radical (unpaired) electrons. The first-order valence-electron chi connectivity index (χ1n) is 6.21. The van der Waals surface area contributed by atoms with Gasteiger partial charge in [-0.05, 0) is 30.8 Å². The van der Waals surface area contributed by atoms with Crippen LogP contribution in [0.2, 0.25) is 0 Å². The van der Waals surface area contributed by atoms with Crippen LogP contribution in [-0.4, -0.2) is 25.0 Å². The number of carbonyl (C=O) groups is 1. The van der Waals surface area contributed by atoms with Gasteiger partial charge in [0.05, 0.1) is 0 Å². The first-order chi connectivity index (χ1) is 7.50. The molecular weight excluding hydrogens is 200 g/mol. The predicted octanol–water partition coefficient (Wildman–Crippen LogP) is 1.60. The highest BCUT2D eigenvalue weighted by Gasteiger charge is 2.35. The Morgan fingerprint density at radius 3 is 2.56 bits per heavy atom. The third-order valence-electron chi connectivity index (χ3n) is 4.11. The lowest BCUT2D eigenvalue weighted by molar-refractivity contribution is -0.118. The Kier molecular flexibility index (Phi) is 3.06. The van der Waals surface area contributed by atoms with Crippen molar-refractivity contribution in [2.75, 3.05) is 13.1 Å². The Bertz CT molecular complexity index is 325. The minimum Gasteiger partial charge on any atom is -0.349 e. The number of hydrogen-bond donors (Lipinski definition) is 2. The van der Waals surface area contributed by atoms with E-state index in [1.807, 2.05) is 6.92 Å². The van der Waals surface area contributed by atoms with E-state index in [-0.39, 0.29) is 11.3 Å². The van der Waals surface area contributed by atoms with E-state index in [1.165, 1.54) is 18.4 Å². The molecule has 0 bridgehead atoms. The van der Waals surface area contributed by atoms with Gasteiger partial charge in [0.25, 0.3) is 0 Å². The summed E-state index contributed by atoms with van der Waals surface area (Å²) in [5, 5.41) is 6.36. The number of amides is 1. The lowest BCUT2D eigenvalue weighted by Gasteiger charge is -2.29. The van der Waals surface area contributed by atoms with Gasteiger partial charge in [-0.1, -0.05) is 20.3 Å². The molecular formula is C13H22N2O. The summed E-state index contributed by atoms with van der Waals surface area (Å²) in [6, 6.07) is 0.351. The van der Waals surface area contributed by atoms with E-state index in [0.29, 0.717) is 6.04 Å². The van der Waals surface area contributed by atoms with Gasteiger partial charge in [0.1, 0.15) is 0 Å². The van der Waals surface area contributed by atoms with Gasteiger partial charge < -0.3 is 10.6 Å². The molecule has 1 aliphatic heterocycles. The van der Waals surface area contributed by atoms with Crippen LogP contribution in [0.4, 0.5) is 0 Å². The number of nitrogens with one attached hydrogen (secondary N) is 2. The van der Waals surface area contributed by atoms with Crippen LogP contribution in [0, 0.1) is 5.41 Å². The first-order valence-corrected chi connectivity index (χ1v) is 6.21. The van der Waals surface area contributed by atoms with Crippen LogP contribution in [-0.2, 0) is 4.79 Å². The number of hydrogen-bond acceptors (Lipinski definition) is 2. The maximum Gasteiger partial charge on any atom is 0.247 e. The van der Waals surface area contributed by atoms with Crippen molar-refractivity contribution in [2.45, 2.75) is 46.1 Å². The van der Waals surface area contributed by atoms with Gasteiger partial charge in [-0.25, -0.2) is 0 Å². The van der Waals surface area contributed by atoms with E-state index in [2.05, 4.69) is 24.5 Å². The first kappa shape index (κ1) is 11.6. The molecule has 2 aliphatic rings. The molecule has 0 aromatic carbocycles. The zero-order valence-electron chi connectivity index (χ0n) is 10.5. The van der Waals surface area contributed by atoms with Crippen molar-refractivity contribution in [1.82, 2.24) is 10.6 Å². The van der Waals surface area contributed by atoms with Gasteiger partial charge in [-0.2, -0.15) is 0 Å². The molecule has 3 heteroatoms. The minimum absolute atomic E-state index is 0.136. The number of carbonyl (C=O) groups excluding carboxylic acids is 1. The van der Waals surface area contributed by atoms with Crippen molar-refractivity contribution in [3.63, 3.8) is 0 Å². The second kappa shape index (κ2) is 4.21. The molecule has 1 heterocycles. The Morgan fingerprint density at radius 1 is 1.44 bits per heavy atom. The Labute approximate surface area is 97.7 Å². The van der Waals surface area contributed by atoms with Crippen molar-refractivity contribution < 1.29 is 4.79 Å². The molecule has 1 saturated carbocycles. The molecule has 1 saturated heterocycles. The summed E-state index contributed by atoms with van der Waals surface area (Å²) in [6.07, 6.45) is 3.57. The van der Waals surface area contributed by atoms with Gasteiger partial charge in [-0.15, -0.1) is 0 Å². The molecule has 2 N–H and O–H groups in total. The van der Waals surface area contributed by atoms with E-state index in [9.17, 15) is 4.79 Å². The van der Waals surface area contributed by atoms with Crippen molar-refractivity contribution in [3.8, 4) is 0 Å². The van der Waals surface area contributed by atoms with Gasteiger partial charge >= 0.3 is 0 Å². The quantitative estimate of drug-likeness (QED) is 0.697. The van der Waals surface area contributed by atoms with Crippen LogP contribution in [0.25, 0.3) is 0 Å². The van der Waals surface area contributed by atoms with E-state index in [0.717, 1.165) is 25.1 Å². The summed E-state index contributed by atoms with van der Waals surface area (Å²) >= 11 is 0. The monoisotopic (exact) mass is 222 g/mol. The Hall–Kier alpha value is -0.830. The normalized spacial score (nSPS) is 27.4. The van der Waals surface area contributed by atoms with Gasteiger partial charge in [0, 0.05) is 24.7 Å². The fourth-order valence-electron chi connectivity index (χ4n) is 2.54. The molecule has 90 valence electrons. The molecule has 0 spiro atoms. The molecule has 2 fully saturated rings. The van der Waals surface area contributed by atoms with E-state index >= 15 is 0 Å². The molecule has 0 aromatic rings. The van der Waals surface area contributed by atoms with E-state index in [4.69, 9.17) is 0 Å². The molecule has 16 heavy (non-hydrogen) atoms. The van der Waals surface area contributed by atoms with Crippen LogP contribution in [0.5, 0.6) is 0 Å². The molecule has 1 amide bonds. The molecule has 3 nitrogen and oxygen atoms in total. The highest BCUT2D eigenvalue weighted by molar-refractivity contribution is 5.94. The highest BCUT2D eigenvalue weighted by Crippen LogP contribution is 2.37. The summed E-state index contributed by atoms with van der Waals surface area (Å²) < 4.78 is 0. The maximum atomic E-state index is 12.0. The minimum atomic E-state index is 0.136. The average Bonchev–Trinajstić information content (AvgIpc) is 2.43. The summed E-state index contributed by atoms with van der Waals surface area (Å²) in [6.45, 7) is 8.20. The molecule has 1 unspecified atom stereocenters. The SMILES string of the molecule is CC(C(=O)NC1CCCC1(C)C)=C1CNC1. The second-order valence-corrected chi connectivity index (χ2v) is 5.74. The average molecular weight is 222 g/mol. The van der Waals surface area contributed by atoms with Crippen molar-refractivity contribution >= 4 is 5.91 Å². The highest BCUT2D eigenvalue weighted by atomic mass is 16.1. The Morgan fingerprint density at radius 2 is 2.12 bits per heavy atom. The maximum absolute atomic E-state index is 12.0. The predicted molar refractivity (Wildman–Crippen MR) is 65.1 cm³/mol. The zero-order valence-corrected chi connectivity index (χ0v) is 10.5. The van der Waals surface area contributed by atoms with Crippen molar-refractivity contribution in [3.05, 3.63) is 11.1 Å². The van der Waals surface area contributed by atoms with Gasteiger partial charge in [-0.3, -0.25) is 4.79 Å². The lowest BCUT2D eigenvalue weighted by Crippen LogP contribution is -2.44. The lowest BCUT2D eigenvalue weighted by atomic mass is 9.87. The van der Waals surface area contributed by atoms with Crippen LogP contribution < -0.4 is 10.6 Å². The van der Waals surface area contributed by atoms with Crippen molar-refractivity contribution in [2.24, 2.45) is 5.41 Å². The standard InChI is InChI=1S/C13H22N2O/c1-9(10-7-14-8-10)12(16)15-11-5-4-6-13(11,2)3/h11,14H,4-8H2,1-3H3,(H,15,16). The molecule has 1 aliphatic carbocycles. The second-order valence-electron chi connectivity index (χ2n) is 5.74. The summed E-state index contributed by atoms with van der Waals surface area (Å²) in [7, 11) is 0. The molecule has 1 atom stereocenters. The smallest absolute Gasteiger partial charge is 0.247 e. The molecule has 0 aromatic heterocycles. The van der Waals surface area contributed by atoms with Crippen LogP contribution >= 0.6 is 0 Å². The zero-order chi connectivity index (χ0) is 11.8.